The summed E-state index contributed by atoms with van der Waals surface area (Å²) in [7, 11) is -3.43. The number of imidazole rings is 1. The molecule has 0 aliphatic rings. The number of benzene rings is 4. The summed E-state index contributed by atoms with van der Waals surface area (Å²) in [6.07, 6.45) is 4.56. The lowest BCUT2D eigenvalue weighted by atomic mass is 10.0. The summed E-state index contributed by atoms with van der Waals surface area (Å²) in [6, 6.07) is 28.0. The number of hydrogen-bond donors (Lipinski definition) is 3. The molecule has 45 heavy (non-hydrogen) atoms. The minimum absolute atomic E-state index is 0.0233. The van der Waals surface area contributed by atoms with Gasteiger partial charge in [-0.3, -0.25) is 10.1 Å². The van der Waals surface area contributed by atoms with Crippen molar-refractivity contribution < 1.29 is 17.5 Å². The Bertz CT molecular complexity index is 2280. The molecule has 0 bridgehead atoms. The molecule has 4 aromatic carbocycles. The smallest absolute Gasteiger partial charge is 0.209 e. The van der Waals surface area contributed by atoms with Gasteiger partial charge in [-0.15, -0.1) is 0 Å². The van der Waals surface area contributed by atoms with Crippen LogP contribution in [0.3, 0.4) is 0 Å². The lowest BCUT2D eigenvalue weighted by Gasteiger charge is -2.08. The molecule has 0 fully saturated rings. The second-order valence-corrected chi connectivity index (χ2v) is 12.6. The monoisotopic (exact) mass is 618 g/mol. The van der Waals surface area contributed by atoms with Crippen molar-refractivity contribution >= 4 is 32.0 Å². The number of aromatic nitrogens is 5. The summed E-state index contributed by atoms with van der Waals surface area (Å²) in [5.41, 5.74) is 7.56. The Kier molecular flexibility index (Phi) is 7.32. The molecule has 7 aromatic rings. The Morgan fingerprint density at radius 3 is 2.56 bits per heavy atom. The predicted molar refractivity (Wildman–Crippen MR) is 172 cm³/mol. The van der Waals surface area contributed by atoms with E-state index < -0.39 is 15.8 Å². The van der Waals surface area contributed by atoms with Crippen LogP contribution < -0.4 is 9.46 Å². The van der Waals surface area contributed by atoms with E-state index in [0.29, 0.717) is 46.1 Å². The fourth-order valence-corrected chi connectivity index (χ4v) is 5.70. The number of ether oxygens (including phenoxy) is 1. The second kappa shape index (κ2) is 11.6. The first-order valence-corrected chi connectivity index (χ1v) is 16.0. The maximum Gasteiger partial charge on any atom is 0.209 e. The number of sulfonamides is 1. The van der Waals surface area contributed by atoms with Crippen molar-refractivity contribution in [2.45, 2.75) is 13.2 Å². The number of pyridine rings is 1. The standard InChI is InChI=1S/C34H27FN6O3S/c1-45(42,43)37-17-22-12-24(14-26(35)13-22)28-8-5-9-31-32(28)39-34(38-31)33-29-16-23(10-11-30(29)40-41-33)25-15-27(19-36-18-25)44-20-21-6-3-2-4-7-21/h2-16,18-19,37H,17,20H2,1H3,(H,38,39)(H,40,41). The Labute approximate surface area is 258 Å². The van der Waals surface area contributed by atoms with E-state index in [1.165, 1.54) is 12.1 Å². The van der Waals surface area contributed by atoms with Gasteiger partial charge in [0, 0.05) is 29.3 Å². The third-order valence-electron chi connectivity index (χ3n) is 7.40. The maximum atomic E-state index is 14.6. The summed E-state index contributed by atoms with van der Waals surface area (Å²) in [5.74, 6) is 0.746. The molecule has 3 N–H and O–H groups in total. The number of nitrogens with one attached hydrogen (secondary N) is 3. The Balaban J connectivity index is 1.22. The molecule has 0 aliphatic heterocycles. The molecule has 11 heteroatoms. The molecule has 224 valence electrons. The molecule has 0 spiro atoms. The van der Waals surface area contributed by atoms with Gasteiger partial charge >= 0.3 is 0 Å². The molecule has 0 amide bonds. The van der Waals surface area contributed by atoms with Gasteiger partial charge in [0.15, 0.2) is 5.82 Å². The van der Waals surface area contributed by atoms with Gasteiger partial charge in [0.25, 0.3) is 0 Å². The van der Waals surface area contributed by atoms with Crippen LogP contribution >= 0.6 is 0 Å². The normalized spacial score (nSPS) is 11.8. The summed E-state index contributed by atoms with van der Waals surface area (Å²) in [5, 5.41) is 8.53. The van der Waals surface area contributed by atoms with Crippen molar-refractivity contribution in [3.8, 4) is 39.5 Å². The number of aromatic amines is 2. The summed E-state index contributed by atoms with van der Waals surface area (Å²) < 4.78 is 46.2. The Morgan fingerprint density at radius 1 is 0.844 bits per heavy atom. The van der Waals surface area contributed by atoms with Crippen LogP contribution in [0.2, 0.25) is 0 Å². The highest BCUT2D eigenvalue weighted by molar-refractivity contribution is 7.88. The van der Waals surface area contributed by atoms with E-state index in [1.54, 1.807) is 18.5 Å². The highest BCUT2D eigenvalue weighted by atomic mass is 32.2. The Morgan fingerprint density at radius 2 is 1.71 bits per heavy atom. The lowest BCUT2D eigenvalue weighted by molar-refractivity contribution is 0.305. The molecule has 0 aliphatic carbocycles. The minimum atomic E-state index is -3.43. The van der Waals surface area contributed by atoms with Gasteiger partial charge in [-0.25, -0.2) is 22.5 Å². The van der Waals surface area contributed by atoms with Crippen molar-refractivity contribution in [3.63, 3.8) is 0 Å². The zero-order valence-electron chi connectivity index (χ0n) is 24.1. The third-order valence-corrected chi connectivity index (χ3v) is 8.07. The maximum absolute atomic E-state index is 14.6. The van der Waals surface area contributed by atoms with E-state index in [9.17, 15) is 12.8 Å². The van der Waals surface area contributed by atoms with Crippen molar-refractivity contribution in [2.24, 2.45) is 0 Å². The number of para-hydroxylation sites is 1. The zero-order valence-corrected chi connectivity index (χ0v) is 24.9. The Hall–Kier alpha value is -5.39. The van der Waals surface area contributed by atoms with Crippen LogP contribution in [-0.4, -0.2) is 39.8 Å². The fraction of sp³-hybridized carbons (Fsp3) is 0.0882. The van der Waals surface area contributed by atoms with Crippen molar-refractivity contribution in [1.29, 1.82) is 0 Å². The first-order chi connectivity index (χ1) is 21.8. The highest BCUT2D eigenvalue weighted by Crippen LogP contribution is 2.34. The average molecular weight is 619 g/mol. The topological polar surface area (TPSA) is 126 Å². The summed E-state index contributed by atoms with van der Waals surface area (Å²) in [6.45, 7) is 0.421. The van der Waals surface area contributed by atoms with Gasteiger partial charge in [-0.1, -0.05) is 48.5 Å². The predicted octanol–water partition coefficient (Wildman–Crippen LogP) is 6.60. The van der Waals surface area contributed by atoms with Crippen molar-refractivity contribution in [2.75, 3.05) is 6.26 Å². The summed E-state index contributed by atoms with van der Waals surface area (Å²) in [4.78, 5) is 12.7. The first kappa shape index (κ1) is 28.4. The largest absolute Gasteiger partial charge is 0.487 e. The van der Waals surface area contributed by atoms with Gasteiger partial charge in [-0.2, -0.15) is 5.10 Å². The lowest BCUT2D eigenvalue weighted by Crippen LogP contribution is -2.21. The van der Waals surface area contributed by atoms with Gasteiger partial charge < -0.3 is 9.72 Å². The van der Waals surface area contributed by atoms with Crippen molar-refractivity contribution in [3.05, 3.63) is 120 Å². The minimum Gasteiger partial charge on any atom is -0.487 e. The number of rotatable bonds is 9. The van der Waals surface area contributed by atoms with E-state index in [4.69, 9.17) is 9.72 Å². The molecule has 0 radical (unpaired) electrons. The quantitative estimate of drug-likeness (QED) is 0.167. The van der Waals surface area contributed by atoms with Crippen LogP contribution in [0.1, 0.15) is 11.1 Å². The second-order valence-electron chi connectivity index (χ2n) is 10.7. The average Bonchev–Trinajstić information content (AvgIpc) is 3.67. The number of fused-ring (bicyclic) bond motifs is 2. The van der Waals surface area contributed by atoms with E-state index in [0.717, 1.165) is 39.4 Å². The number of halogens is 1. The first-order valence-electron chi connectivity index (χ1n) is 14.1. The fourth-order valence-electron chi connectivity index (χ4n) is 5.27. The van der Waals surface area contributed by atoms with Gasteiger partial charge in [0.05, 0.1) is 29.0 Å². The van der Waals surface area contributed by atoms with Crippen molar-refractivity contribution in [1.82, 2.24) is 29.9 Å². The summed E-state index contributed by atoms with van der Waals surface area (Å²) >= 11 is 0. The molecule has 0 saturated carbocycles. The third kappa shape index (κ3) is 6.17. The molecular weight excluding hydrogens is 591 g/mol. The molecule has 9 nitrogen and oxygen atoms in total. The van der Waals surface area contributed by atoms with E-state index in [1.807, 2.05) is 72.8 Å². The molecule has 0 unspecified atom stereocenters. The molecular formula is C34H27FN6O3S. The van der Waals surface area contributed by atoms with Crippen LogP contribution in [0, 0.1) is 5.82 Å². The van der Waals surface area contributed by atoms with E-state index in [-0.39, 0.29) is 6.54 Å². The molecule has 0 atom stereocenters. The highest BCUT2D eigenvalue weighted by Gasteiger charge is 2.17. The van der Waals surface area contributed by atoms with Crippen LogP contribution in [0.15, 0.2) is 103 Å². The molecule has 3 heterocycles. The zero-order chi connectivity index (χ0) is 31.0. The van der Waals surface area contributed by atoms with Crippen LogP contribution in [0.25, 0.3) is 55.7 Å². The number of hydrogen-bond acceptors (Lipinski definition) is 6. The van der Waals surface area contributed by atoms with Gasteiger partial charge in [0.2, 0.25) is 10.0 Å². The van der Waals surface area contributed by atoms with Gasteiger partial charge in [-0.05, 0) is 64.7 Å². The van der Waals surface area contributed by atoms with Gasteiger partial charge in [0.1, 0.15) is 23.9 Å². The number of H-pyrrole nitrogens is 2. The van der Waals surface area contributed by atoms with Crippen LogP contribution in [0.4, 0.5) is 4.39 Å². The SMILES string of the molecule is CS(=O)(=O)NCc1cc(F)cc(-c2cccc3[nH]c(-c4n[nH]c5ccc(-c6cncc(OCc7ccccc7)c6)cc45)nc23)c1. The van der Waals surface area contributed by atoms with Crippen LogP contribution in [0.5, 0.6) is 5.75 Å². The van der Waals surface area contributed by atoms with E-state index >= 15 is 0 Å². The van der Waals surface area contributed by atoms with Crippen LogP contribution in [-0.2, 0) is 23.2 Å². The number of nitrogens with zero attached hydrogens (tertiary/aromatic N) is 3. The van der Waals surface area contributed by atoms with E-state index in [2.05, 4.69) is 24.9 Å². The molecule has 7 rings (SSSR count). The molecule has 0 saturated heterocycles. The molecule has 3 aromatic heterocycles.